The van der Waals surface area contributed by atoms with E-state index in [0.717, 1.165) is 0 Å². The van der Waals surface area contributed by atoms with Crippen molar-refractivity contribution in [3.05, 3.63) is 0 Å². The number of hydrogen-bond donors (Lipinski definition) is 1. The number of carbonyl (C=O) groups excluding carboxylic acids is 1. The van der Waals surface area contributed by atoms with Crippen molar-refractivity contribution >= 4 is 23.5 Å². The molecule has 0 rings (SSSR count). The summed E-state index contributed by atoms with van der Waals surface area (Å²) in [5.41, 5.74) is 4.54. The van der Waals surface area contributed by atoms with Crippen molar-refractivity contribution in [1.29, 1.82) is 0 Å². The smallest absolute Gasteiger partial charge is 0.404 e. The number of ether oxygens (including phenoxy) is 1. The third kappa shape index (κ3) is 16.0. The molecular weight excluding hydrogens is 217 g/mol. The Morgan fingerprint density at radius 2 is 2.12 bits per heavy atom. The number of primary amides is 1. The first-order valence-corrected chi connectivity index (χ1v) is 1.69. The summed E-state index contributed by atoms with van der Waals surface area (Å²) in [6.45, 7) is 2.06. The SMILES string of the molecule is CCOC(N)=O.[Ag].[AlH3]. The average molecular weight is 227 g/mol. The number of nitrogens with two attached hydrogens (primary N) is 1. The first-order chi connectivity index (χ1) is 2.77. The molecule has 0 aromatic rings. The van der Waals surface area contributed by atoms with Gasteiger partial charge in [-0.25, -0.2) is 4.79 Å². The summed E-state index contributed by atoms with van der Waals surface area (Å²) < 4.78 is 4.18. The van der Waals surface area contributed by atoms with Crippen molar-refractivity contribution in [3.8, 4) is 0 Å². The maximum absolute atomic E-state index is 9.60. The zero-order valence-electron chi connectivity index (χ0n) is 3.90. The molecule has 0 saturated carbocycles. The molecule has 0 unspecified atom stereocenters. The summed E-state index contributed by atoms with van der Waals surface area (Å²) in [6.07, 6.45) is -0.711. The first-order valence-electron chi connectivity index (χ1n) is 1.69. The third-order valence-electron chi connectivity index (χ3n) is 0.287. The minimum atomic E-state index is -0.711. The predicted molar refractivity (Wildman–Crippen MR) is 31.1 cm³/mol. The van der Waals surface area contributed by atoms with E-state index in [1.54, 1.807) is 6.92 Å². The maximum Gasteiger partial charge on any atom is 0.404 e. The van der Waals surface area contributed by atoms with Gasteiger partial charge in [-0.2, -0.15) is 0 Å². The fraction of sp³-hybridized carbons (Fsp3) is 0.667. The first kappa shape index (κ1) is 15.8. The van der Waals surface area contributed by atoms with Crippen LogP contribution >= 0.6 is 0 Å². The quantitative estimate of drug-likeness (QED) is 0.579. The molecule has 0 bridgehead atoms. The van der Waals surface area contributed by atoms with E-state index < -0.39 is 6.09 Å². The van der Waals surface area contributed by atoms with Crippen LogP contribution in [0.5, 0.6) is 0 Å². The summed E-state index contributed by atoms with van der Waals surface area (Å²) in [4.78, 5) is 9.60. The van der Waals surface area contributed by atoms with Crippen LogP contribution in [0.15, 0.2) is 0 Å². The largest absolute Gasteiger partial charge is 0.450 e. The van der Waals surface area contributed by atoms with Gasteiger partial charge in [-0.05, 0) is 6.92 Å². The van der Waals surface area contributed by atoms with Gasteiger partial charge < -0.3 is 10.5 Å². The topological polar surface area (TPSA) is 52.3 Å². The average Bonchev–Trinajstić information content (AvgIpc) is 1.35. The summed E-state index contributed by atoms with van der Waals surface area (Å²) in [7, 11) is 0. The van der Waals surface area contributed by atoms with Crippen LogP contribution in [0.3, 0.4) is 0 Å². The molecule has 0 aromatic heterocycles. The molecule has 0 aromatic carbocycles. The Morgan fingerprint density at radius 1 is 1.75 bits per heavy atom. The van der Waals surface area contributed by atoms with Crippen LogP contribution in [0.4, 0.5) is 4.79 Å². The van der Waals surface area contributed by atoms with Gasteiger partial charge in [0.1, 0.15) is 0 Å². The van der Waals surface area contributed by atoms with E-state index in [9.17, 15) is 4.79 Å². The van der Waals surface area contributed by atoms with E-state index in [1.807, 2.05) is 0 Å². The van der Waals surface area contributed by atoms with Gasteiger partial charge in [0.15, 0.2) is 17.4 Å². The van der Waals surface area contributed by atoms with E-state index in [1.165, 1.54) is 0 Å². The van der Waals surface area contributed by atoms with Gasteiger partial charge in [-0.15, -0.1) is 0 Å². The molecule has 0 aliphatic heterocycles. The van der Waals surface area contributed by atoms with Crippen molar-refractivity contribution < 1.29 is 31.9 Å². The molecule has 3 nitrogen and oxygen atoms in total. The van der Waals surface area contributed by atoms with Crippen LogP contribution in [0.2, 0.25) is 0 Å². The summed E-state index contributed by atoms with van der Waals surface area (Å²) in [5.74, 6) is 0. The fourth-order valence-corrected chi connectivity index (χ4v) is 0.142. The third-order valence-corrected chi connectivity index (χ3v) is 0.287. The molecule has 0 spiro atoms. The number of amides is 1. The molecule has 0 heterocycles. The molecule has 1 radical (unpaired) electrons. The molecule has 53 valence electrons. The Kier molecular flexibility index (Phi) is 20.8. The summed E-state index contributed by atoms with van der Waals surface area (Å²) in [6, 6.07) is 0. The molecule has 1 amide bonds. The second-order valence-corrected chi connectivity index (χ2v) is 0.752. The molecule has 0 saturated heterocycles. The van der Waals surface area contributed by atoms with Crippen LogP contribution in [-0.2, 0) is 27.1 Å². The Balaban J connectivity index is -0.000000125. The van der Waals surface area contributed by atoms with Crippen molar-refractivity contribution in [3.63, 3.8) is 0 Å². The van der Waals surface area contributed by atoms with Crippen molar-refractivity contribution in [1.82, 2.24) is 0 Å². The zero-order chi connectivity index (χ0) is 4.99. The van der Waals surface area contributed by atoms with E-state index in [0.29, 0.717) is 6.61 Å². The minimum Gasteiger partial charge on any atom is -0.450 e. The zero-order valence-corrected chi connectivity index (χ0v) is 5.38. The molecule has 0 fully saturated rings. The van der Waals surface area contributed by atoms with Gasteiger partial charge in [-0.1, -0.05) is 0 Å². The van der Waals surface area contributed by atoms with Gasteiger partial charge in [0, 0.05) is 22.4 Å². The van der Waals surface area contributed by atoms with E-state index in [2.05, 4.69) is 10.5 Å². The number of hydrogen-bond acceptors (Lipinski definition) is 2. The van der Waals surface area contributed by atoms with Gasteiger partial charge in [0.2, 0.25) is 0 Å². The Bertz CT molecular complexity index is 61.2. The van der Waals surface area contributed by atoms with E-state index >= 15 is 0 Å². The van der Waals surface area contributed by atoms with Crippen molar-refractivity contribution in [2.45, 2.75) is 6.92 Å². The molecule has 0 aliphatic rings. The summed E-state index contributed by atoms with van der Waals surface area (Å²) >= 11 is 0. The number of rotatable bonds is 1. The Hall–Kier alpha value is 0.543. The Labute approximate surface area is 74.6 Å². The van der Waals surface area contributed by atoms with Crippen molar-refractivity contribution in [2.24, 2.45) is 5.73 Å². The molecule has 0 aliphatic carbocycles. The van der Waals surface area contributed by atoms with Crippen LogP contribution in [0.25, 0.3) is 0 Å². The van der Waals surface area contributed by atoms with Gasteiger partial charge >= 0.3 is 6.09 Å². The monoisotopic (exact) mass is 226 g/mol. The van der Waals surface area contributed by atoms with Crippen LogP contribution < -0.4 is 5.73 Å². The van der Waals surface area contributed by atoms with E-state index in [-0.39, 0.29) is 39.7 Å². The predicted octanol–water partition coefficient (Wildman–Crippen LogP) is -1.08. The second kappa shape index (κ2) is 10.5. The van der Waals surface area contributed by atoms with Crippen LogP contribution in [0.1, 0.15) is 6.92 Å². The number of carbonyl (C=O) groups is 1. The maximum atomic E-state index is 9.60. The molecular formula is C3H10AgAlNO2. The van der Waals surface area contributed by atoms with Gasteiger partial charge in [0.05, 0.1) is 6.61 Å². The Morgan fingerprint density at radius 3 is 2.12 bits per heavy atom. The normalized spacial score (nSPS) is 5.62. The molecule has 5 heteroatoms. The van der Waals surface area contributed by atoms with Gasteiger partial charge in [-0.3, -0.25) is 0 Å². The molecule has 0 atom stereocenters. The van der Waals surface area contributed by atoms with Crippen LogP contribution in [0, 0.1) is 0 Å². The van der Waals surface area contributed by atoms with E-state index in [4.69, 9.17) is 0 Å². The van der Waals surface area contributed by atoms with Gasteiger partial charge in [0.25, 0.3) is 0 Å². The second-order valence-electron chi connectivity index (χ2n) is 0.752. The fourth-order valence-electron chi connectivity index (χ4n) is 0.142. The van der Waals surface area contributed by atoms with Crippen LogP contribution in [-0.4, -0.2) is 30.1 Å². The minimum absolute atomic E-state index is 0. The molecule has 8 heavy (non-hydrogen) atoms. The standard InChI is InChI=1S/C3H7NO2.Ag.Al.3H/c1-2-6-3(4)5;;;;;/h2H2,1H3,(H2,4,5);;;;;. The summed E-state index contributed by atoms with van der Waals surface area (Å²) in [5, 5.41) is 0. The van der Waals surface area contributed by atoms with Crippen molar-refractivity contribution in [2.75, 3.05) is 6.61 Å². The molecule has 2 N–H and O–H groups in total.